The van der Waals surface area contributed by atoms with Crippen LogP contribution in [0.5, 0.6) is 5.75 Å². The first-order valence-electron chi connectivity index (χ1n) is 8.08. The summed E-state index contributed by atoms with van der Waals surface area (Å²) in [6, 6.07) is 4.47. The molecule has 0 aliphatic carbocycles. The quantitative estimate of drug-likeness (QED) is 0.671. The summed E-state index contributed by atoms with van der Waals surface area (Å²) in [6.45, 7) is 2.31. The van der Waals surface area contributed by atoms with Crippen molar-refractivity contribution in [3.8, 4) is 5.75 Å². The van der Waals surface area contributed by atoms with Crippen molar-refractivity contribution in [2.75, 3.05) is 31.5 Å². The Morgan fingerprint density at radius 2 is 1.77 bits per heavy atom. The summed E-state index contributed by atoms with van der Waals surface area (Å²) in [5.41, 5.74) is 0.171. The minimum atomic E-state index is -4.79. The van der Waals surface area contributed by atoms with E-state index in [2.05, 4.69) is 20.3 Å². The number of carbonyl (C=O) groups excluding carboxylic acids is 2. The predicted octanol–water partition coefficient (Wildman–Crippen LogP) is 1.10. The monoisotopic (exact) mass is 375 g/mol. The number of anilines is 1. The number of ether oxygens (including phenoxy) is 1. The Labute approximate surface area is 148 Å². The maximum Gasteiger partial charge on any atom is 0.573 e. The van der Waals surface area contributed by atoms with Crippen LogP contribution in [0.25, 0.3) is 0 Å². The van der Waals surface area contributed by atoms with Crippen LogP contribution in [-0.4, -0.2) is 60.5 Å². The summed E-state index contributed by atoms with van der Waals surface area (Å²) in [4.78, 5) is 25.6. The number of piperidine rings is 1. The molecule has 1 saturated heterocycles. The largest absolute Gasteiger partial charge is 0.573 e. The molecule has 0 radical (unpaired) electrons. The van der Waals surface area contributed by atoms with Crippen LogP contribution in [0.1, 0.15) is 12.8 Å². The molecular weight excluding hydrogens is 355 g/mol. The maximum absolute atomic E-state index is 12.1. The molecular formula is C16H20F3N3O4. The van der Waals surface area contributed by atoms with Crippen LogP contribution < -0.4 is 15.4 Å². The Morgan fingerprint density at radius 3 is 2.35 bits per heavy atom. The first kappa shape index (κ1) is 20.0. The lowest BCUT2D eigenvalue weighted by atomic mass is 10.1. The number of benzene rings is 1. The van der Waals surface area contributed by atoms with Gasteiger partial charge in [0.05, 0.1) is 6.10 Å². The van der Waals surface area contributed by atoms with E-state index < -0.39 is 23.9 Å². The molecule has 1 aromatic rings. The lowest BCUT2D eigenvalue weighted by Gasteiger charge is -2.29. The summed E-state index contributed by atoms with van der Waals surface area (Å²) in [7, 11) is 0. The molecule has 0 unspecified atom stereocenters. The van der Waals surface area contributed by atoms with Crippen molar-refractivity contribution in [3.63, 3.8) is 0 Å². The Kier molecular flexibility index (Phi) is 6.81. The van der Waals surface area contributed by atoms with Gasteiger partial charge in [0.25, 0.3) is 0 Å². The van der Waals surface area contributed by atoms with Gasteiger partial charge in [0.2, 0.25) is 0 Å². The first-order chi connectivity index (χ1) is 12.2. The molecule has 1 fully saturated rings. The summed E-state index contributed by atoms with van der Waals surface area (Å²) in [5.74, 6) is -2.17. The van der Waals surface area contributed by atoms with Gasteiger partial charge in [-0.15, -0.1) is 13.2 Å². The Hall–Kier alpha value is -2.33. The third-order valence-corrected chi connectivity index (χ3v) is 3.82. The number of halogens is 3. The second-order valence-corrected chi connectivity index (χ2v) is 5.86. The lowest BCUT2D eigenvalue weighted by molar-refractivity contribution is -0.274. The van der Waals surface area contributed by atoms with Gasteiger partial charge in [-0.1, -0.05) is 0 Å². The molecule has 1 aromatic carbocycles. The molecule has 0 aromatic heterocycles. The number of carbonyl (C=O) groups is 2. The molecule has 1 heterocycles. The summed E-state index contributed by atoms with van der Waals surface area (Å²) in [5, 5.41) is 14.2. The van der Waals surface area contributed by atoms with Crippen molar-refractivity contribution in [3.05, 3.63) is 24.3 Å². The highest BCUT2D eigenvalue weighted by atomic mass is 19.4. The number of hydrogen-bond donors (Lipinski definition) is 3. The minimum Gasteiger partial charge on any atom is -0.406 e. The number of nitrogens with one attached hydrogen (secondary N) is 2. The van der Waals surface area contributed by atoms with Gasteiger partial charge in [-0.25, -0.2) is 0 Å². The molecule has 1 aliphatic rings. The highest BCUT2D eigenvalue weighted by molar-refractivity contribution is 6.39. The van der Waals surface area contributed by atoms with E-state index in [0.717, 1.165) is 25.2 Å². The topological polar surface area (TPSA) is 90.9 Å². The second kappa shape index (κ2) is 8.86. The lowest BCUT2D eigenvalue weighted by Crippen LogP contribution is -2.43. The third-order valence-electron chi connectivity index (χ3n) is 3.82. The molecule has 0 saturated carbocycles. The van der Waals surface area contributed by atoms with Gasteiger partial charge in [0.15, 0.2) is 0 Å². The number of nitrogens with zero attached hydrogens (tertiary/aromatic N) is 1. The van der Waals surface area contributed by atoms with Crippen molar-refractivity contribution in [2.45, 2.75) is 25.3 Å². The first-order valence-corrected chi connectivity index (χ1v) is 8.08. The van der Waals surface area contributed by atoms with Gasteiger partial charge >= 0.3 is 18.2 Å². The molecule has 144 valence electrons. The zero-order valence-corrected chi connectivity index (χ0v) is 13.9. The summed E-state index contributed by atoms with van der Waals surface area (Å²) >= 11 is 0. The van der Waals surface area contributed by atoms with E-state index in [1.165, 1.54) is 12.1 Å². The molecule has 2 rings (SSSR count). The molecule has 10 heteroatoms. The number of hydrogen-bond acceptors (Lipinski definition) is 5. The smallest absolute Gasteiger partial charge is 0.406 e. The van der Waals surface area contributed by atoms with Crippen molar-refractivity contribution in [2.24, 2.45) is 0 Å². The molecule has 2 amide bonds. The zero-order chi connectivity index (χ0) is 19.2. The summed E-state index contributed by atoms with van der Waals surface area (Å²) in [6.07, 6.45) is -3.71. The minimum absolute atomic E-state index is 0.171. The Balaban J connectivity index is 1.72. The van der Waals surface area contributed by atoms with Crippen LogP contribution in [-0.2, 0) is 9.59 Å². The van der Waals surface area contributed by atoms with E-state index in [0.29, 0.717) is 19.4 Å². The molecule has 26 heavy (non-hydrogen) atoms. The van der Waals surface area contributed by atoms with Crippen molar-refractivity contribution < 1.29 is 32.6 Å². The number of aliphatic hydroxyl groups is 1. The van der Waals surface area contributed by atoms with Crippen LogP contribution in [0.4, 0.5) is 18.9 Å². The zero-order valence-electron chi connectivity index (χ0n) is 13.9. The Bertz CT molecular complexity index is 614. The van der Waals surface area contributed by atoms with E-state index in [9.17, 15) is 27.9 Å². The van der Waals surface area contributed by atoms with E-state index in [1.54, 1.807) is 0 Å². The van der Waals surface area contributed by atoms with Crippen LogP contribution >= 0.6 is 0 Å². The number of amides is 2. The SMILES string of the molecule is O=C(NCCN1CCC(O)CC1)C(=O)Nc1ccc(OC(F)(F)F)cc1. The predicted molar refractivity (Wildman–Crippen MR) is 86.4 cm³/mol. The molecule has 0 spiro atoms. The molecule has 0 bridgehead atoms. The van der Waals surface area contributed by atoms with E-state index >= 15 is 0 Å². The average Bonchev–Trinajstić information content (AvgIpc) is 2.57. The third kappa shape index (κ3) is 6.89. The number of rotatable bonds is 5. The standard InChI is InChI=1S/C16H20F3N3O4/c17-16(18,19)26-13-3-1-11(2-4-13)21-15(25)14(24)20-7-10-22-8-5-12(23)6-9-22/h1-4,12,23H,5-10H2,(H,20,24)(H,21,25). The number of aliphatic hydroxyl groups excluding tert-OH is 1. The molecule has 1 aliphatic heterocycles. The van der Waals surface area contributed by atoms with Crippen molar-refractivity contribution in [1.29, 1.82) is 0 Å². The fourth-order valence-corrected chi connectivity index (χ4v) is 2.48. The number of alkyl halides is 3. The van der Waals surface area contributed by atoms with E-state index in [1.807, 2.05) is 0 Å². The van der Waals surface area contributed by atoms with Gasteiger partial charge in [-0.3, -0.25) is 9.59 Å². The normalized spacial score (nSPS) is 16.2. The van der Waals surface area contributed by atoms with Gasteiger partial charge in [-0.2, -0.15) is 0 Å². The molecule has 0 atom stereocenters. The Morgan fingerprint density at radius 1 is 1.15 bits per heavy atom. The van der Waals surface area contributed by atoms with Crippen molar-refractivity contribution >= 4 is 17.5 Å². The van der Waals surface area contributed by atoms with Gasteiger partial charge in [-0.05, 0) is 37.1 Å². The van der Waals surface area contributed by atoms with Gasteiger partial charge < -0.3 is 25.4 Å². The average molecular weight is 375 g/mol. The fraction of sp³-hybridized carbons (Fsp3) is 0.500. The second-order valence-electron chi connectivity index (χ2n) is 5.86. The highest BCUT2D eigenvalue weighted by Crippen LogP contribution is 2.23. The van der Waals surface area contributed by atoms with Crippen LogP contribution in [0.15, 0.2) is 24.3 Å². The van der Waals surface area contributed by atoms with Crippen LogP contribution in [0.3, 0.4) is 0 Å². The number of likely N-dealkylation sites (tertiary alicyclic amines) is 1. The van der Waals surface area contributed by atoms with E-state index in [4.69, 9.17) is 0 Å². The molecule has 7 nitrogen and oxygen atoms in total. The van der Waals surface area contributed by atoms with Crippen LogP contribution in [0.2, 0.25) is 0 Å². The van der Waals surface area contributed by atoms with Crippen LogP contribution in [0, 0.1) is 0 Å². The fourth-order valence-electron chi connectivity index (χ4n) is 2.48. The summed E-state index contributed by atoms with van der Waals surface area (Å²) < 4.78 is 39.9. The van der Waals surface area contributed by atoms with Gasteiger partial charge in [0.1, 0.15) is 5.75 Å². The van der Waals surface area contributed by atoms with Crippen molar-refractivity contribution in [1.82, 2.24) is 10.2 Å². The maximum atomic E-state index is 12.1. The molecule has 3 N–H and O–H groups in total. The van der Waals surface area contributed by atoms with Gasteiger partial charge in [0, 0.05) is 31.9 Å². The van der Waals surface area contributed by atoms with E-state index in [-0.39, 0.29) is 18.3 Å². The highest BCUT2D eigenvalue weighted by Gasteiger charge is 2.31.